The molecule has 2 aromatic carbocycles. The molecule has 0 saturated carbocycles. The molecule has 0 bridgehead atoms. The van der Waals surface area contributed by atoms with Gasteiger partial charge in [0, 0.05) is 11.1 Å². The van der Waals surface area contributed by atoms with Crippen molar-refractivity contribution in [1.82, 2.24) is 0 Å². The molecule has 0 heterocycles. The van der Waals surface area contributed by atoms with Gasteiger partial charge in [0.25, 0.3) is 0 Å². The van der Waals surface area contributed by atoms with Gasteiger partial charge in [0.05, 0.1) is 0 Å². The fourth-order valence-electron chi connectivity index (χ4n) is 2.71. The van der Waals surface area contributed by atoms with Crippen molar-refractivity contribution in [3.63, 3.8) is 0 Å². The quantitative estimate of drug-likeness (QED) is 0.272. The Labute approximate surface area is 181 Å². The maximum Gasteiger partial charge on any atom is 0.169 e. The minimum atomic E-state index is -0.833. The van der Waals surface area contributed by atoms with Crippen LogP contribution < -0.4 is 9.78 Å². The van der Waals surface area contributed by atoms with Crippen LogP contribution in [0.2, 0.25) is 0 Å². The van der Waals surface area contributed by atoms with Gasteiger partial charge in [-0.25, -0.2) is 0 Å². The summed E-state index contributed by atoms with van der Waals surface area (Å²) in [5.41, 5.74) is 0.505. The van der Waals surface area contributed by atoms with Gasteiger partial charge in [0.2, 0.25) is 0 Å². The number of hydrogen-bond acceptors (Lipinski definition) is 4. The second-order valence-corrected chi connectivity index (χ2v) is 8.99. The molecule has 2 aromatic rings. The van der Waals surface area contributed by atoms with E-state index in [1.54, 1.807) is 0 Å². The first-order valence-corrected chi connectivity index (χ1v) is 10.4. The highest BCUT2D eigenvalue weighted by Gasteiger charge is 2.23. The van der Waals surface area contributed by atoms with Crippen molar-refractivity contribution in [2.45, 2.75) is 78.4 Å². The Morgan fingerprint density at radius 3 is 1.27 bits per heavy atom. The lowest BCUT2D eigenvalue weighted by molar-refractivity contribution is -0.265. The van der Waals surface area contributed by atoms with Crippen LogP contribution in [-0.4, -0.2) is 11.2 Å². The van der Waals surface area contributed by atoms with Crippen LogP contribution in [0.25, 0.3) is 0 Å². The zero-order chi connectivity index (χ0) is 22.4. The molecule has 4 nitrogen and oxygen atoms in total. The van der Waals surface area contributed by atoms with Crippen LogP contribution in [0.4, 0.5) is 0 Å². The van der Waals surface area contributed by atoms with E-state index in [1.807, 2.05) is 76.2 Å². The second kappa shape index (κ2) is 10.0. The summed E-state index contributed by atoms with van der Waals surface area (Å²) < 4.78 is 0. The van der Waals surface area contributed by atoms with Gasteiger partial charge in [-0.1, -0.05) is 75.9 Å². The molecule has 0 atom stereocenters. The summed E-state index contributed by atoms with van der Waals surface area (Å²) in [4.78, 5) is 22.5. The fraction of sp³-hybridized carbons (Fsp3) is 0.462. The van der Waals surface area contributed by atoms with Crippen molar-refractivity contribution < 1.29 is 19.6 Å². The van der Waals surface area contributed by atoms with E-state index >= 15 is 0 Å². The fourth-order valence-corrected chi connectivity index (χ4v) is 2.71. The summed E-state index contributed by atoms with van der Waals surface area (Å²) in [5, 5.41) is 0. The molecule has 2 rings (SSSR count). The Morgan fingerprint density at radius 1 is 0.600 bits per heavy atom. The molecule has 4 heteroatoms. The van der Waals surface area contributed by atoms with Gasteiger partial charge in [0.15, 0.2) is 22.7 Å². The Morgan fingerprint density at radius 2 is 0.933 bits per heavy atom. The summed E-state index contributed by atoms with van der Waals surface area (Å²) in [6.45, 7) is 15.9. The Balaban J connectivity index is 2.02. The first kappa shape index (κ1) is 23.8. The van der Waals surface area contributed by atoms with Crippen LogP contribution in [-0.2, 0) is 9.78 Å². The Hall–Kier alpha value is -2.48. The van der Waals surface area contributed by atoms with Gasteiger partial charge in [0.1, 0.15) is 0 Å². The van der Waals surface area contributed by atoms with Gasteiger partial charge in [-0.15, -0.1) is 0 Å². The SMILES string of the molecule is CC(C)c1ccccc1OOC(C)(C)C#CC(C)(C)OOc1ccccc1C(C)C. The molecule has 0 fully saturated rings. The standard InChI is InChI=1S/C26H34O4/c1-19(2)21-13-9-11-15-23(21)27-29-25(5,6)17-18-26(7,8)30-28-24-16-12-10-14-22(24)20(3)4/h9-16,19-20H,1-8H3. The van der Waals surface area contributed by atoms with Crippen molar-refractivity contribution in [2.75, 3.05) is 0 Å². The molecular weight excluding hydrogens is 376 g/mol. The molecule has 0 saturated heterocycles. The van der Waals surface area contributed by atoms with E-state index in [-0.39, 0.29) is 0 Å². The smallest absolute Gasteiger partial charge is 0.169 e. The van der Waals surface area contributed by atoms with E-state index in [0.717, 1.165) is 11.1 Å². The first-order valence-electron chi connectivity index (χ1n) is 10.4. The minimum Gasteiger partial charge on any atom is -0.336 e. The molecule has 0 aliphatic rings. The number of hydrogen-bond donors (Lipinski definition) is 0. The van der Waals surface area contributed by atoms with Crippen molar-refractivity contribution in [3.8, 4) is 23.3 Å². The van der Waals surface area contributed by atoms with Crippen molar-refractivity contribution in [1.29, 1.82) is 0 Å². The number of para-hydroxylation sites is 2. The van der Waals surface area contributed by atoms with Gasteiger partial charge in [-0.05, 0) is 51.7 Å². The summed E-state index contributed by atoms with van der Waals surface area (Å²) in [5.74, 6) is 8.24. The van der Waals surface area contributed by atoms with Crippen LogP contribution in [0, 0.1) is 11.8 Å². The summed E-state index contributed by atoms with van der Waals surface area (Å²) in [6, 6.07) is 15.7. The van der Waals surface area contributed by atoms with Crippen LogP contribution in [0.15, 0.2) is 48.5 Å². The number of benzene rings is 2. The van der Waals surface area contributed by atoms with Crippen molar-refractivity contribution >= 4 is 0 Å². The van der Waals surface area contributed by atoms with Crippen molar-refractivity contribution in [2.24, 2.45) is 0 Å². The van der Waals surface area contributed by atoms with E-state index in [1.165, 1.54) is 0 Å². The van der Waals surface area contributed by atoms with Crippen molar-refractivity contribution in [3.05, 3.63) is 59.7 Å². The lowest BCUT2D eigenvalue weighted by Crippen LogP contribution is -2.28. The zero-order valence-corrected chi connectivity index (χ0v) is 19.4. The highest BCUT2D eigenvalue weighted by atomic mass is 17.2. The largest absolute Gasteiger partial charge is 0.336 e. The third kappa shape index (κ3) is 7.09. The van der Waals surface area contributed by atoms with Gasteiger partial charge >= 0.3 is 0 Å². The minimum absolute atomic E-state index is 0.331. The average molecular weight is 411 g/mol. The van der Waals surface area contributed by atoms with E-state index in [2.05, 4.69) is 39.5 Å². The lowest BCUT2D eigenvalue weighted by Gasteiger charge is -2.22. The maximum atomic E-state index is 5.65. The molecule has 0 radical (unpaired) electrons. The monoisotopic (exact) mass is 410 g/mol. The predicted octanol–water partition coefficient (Wildman–Crippen LogP) is 6.82. The van der Waals surface area contributed by atoms with Crippen LogP contribution in [0.1, 0.15) is 78.4 Å². The maximum absolute atomic E-state index is 5.65. The molecule has 162 valence electrons. The van der Waals surface area contributed by atoms with Gasteiger partial charge < -0.3 is 9.78 Å². The first-order chi connectivity index (χ1) is 14.0. The lowest BCUT2D eigenvalue weighted by atomic mass is 10.0. The summed E-state index contributed by atoms with van der Waals surface area (Å²) in [7, 11) is 0. The molecule has 0 aliphatic carbocycles. The molecule has 0 aromatic heterocycles. The van der Waals surface area contributed by atoms with E-state index in [0.29, 0.717) is 23.3 Å². The predicted molar refractivity (Wildman–Crippen MR) is 120 cm³/mol. The Bertz CT molecular complexity index is 814. The molecule has 0 aliphatic heterocycles. The zero-order valence-electron chi connectivity index (χ0n) is 19.4. The van der Waals surface area contributed by atoms with Crippen LogP contribution in [0.5, 0.6) is 11.5 Å². The topological polar surface area (TPSA) is 36.9 Å². The summed E-state index contributed by atoms with van der Waals surface area (Å²) >= 11 is 0. The van der Waals surface area contributed by atoms with E-state index in [9.17, 15) is 0 Å². The Kier molecular flexibility index (Phi) is 7.95. The van der Waals surface area contributed by atoms with E-state index in [4.69, 9.17) is 19.6 Å². The van der Waals surface area contributed by atoms with Gasteiger partial charge in [-0.2, -0.15) is 9.78 Å². The highest BCUT2D eigenvalue weighted by Crippen LogP contribution is 2.28. The second-order valence-electron chi connectivity index (χ2n) is 8.99. The third-order valence-electron chi connectivity index (χ3n) is 4.43. The third-order valence-corrected chi connectivity index (χ3v) is 4.43. The molecule has 0 spiro atoms. The molecule has 0 unspecified atom stereocenters. The average Bonchev–Trinajstić information content (AvgIpc) is 2.70. The number of rotatable bonds is 8. The van der Waals surface area contributed by atoms with Crippen LogP contribution >= 0.6 is 0 Å². The molecular formula is C26H34O4. The summed E-state index contributed by atoms with van der Waals surface area (Å²) in [6.07, 6.45) is 0. The van der Waals surface area contributed by atoms with E-state index < -0.39 is 11.2 Å². The molecule has 30 heavy (non-hydrogen) atoms. The molecule has 0 amide bonds. The highest BCUT2D eigenvalue weighted by molar-refractivity contribution is 5.36. The van der Waals surface area contributed by atoms with Gasteiger partial charge in [-0.3, -0.25) is 0 Å². The normalized spacial score (nSPS) is 11.9. The van der Waals surface area contributed by atoms with Crippen LogP contribution in [0.3, 0.4) is 0 Å². The molecule has 0 N–H and O–H groups in total.